The van der Waals surface area contributed by atoms with E-state index in [2.05, 4.69) is 15.3 Å². The van der Waals surface area contributed by atoms with Crippen molar-refractivity contribution in [3.05, 3.63) is 143 Å². The monoisotopic (exact) mass is 527 g/mol. The zero-order valence-electron chi connectivity index (χ0n) is 22.1. The lowest BCUT2D eigenvalue weighted by Gasteiger charge is -2.23. The Balaban J connectivity index is 1.34. The topological polar surface area (TPSA) is 101 Å². The third kappa shape index (κ3) is 6.22. The zero-order chi connectivity index (χ0) is 27.9. The van der Waals surface area contributed by atoms with Gasteiger partial charge in [-0.2, -0.15) is 0 Å². The maximum absolute atomic E-state index is 13.6. The fourth-order valence-electron chi connectivity index (χ4n) is 4.56. The van der Waals surface area contributed by atoms with Gasteiger partial charge in [0.25, 0.3) is 5.91 Å². The van der Waals surface area contributed by atoms with Gasteiger partial charge in [-0.25, -0.2) is 9.97 Å². The number of nitrogens with one attached hydrogen (secondary N) is 1. The molecule has 1 aromatic heterocycles. The lowest BCUT2D eigenvalue weighted by atomic mass is 9.99. The lowest BCUT2D eigenvalue weighted by Crippen LogP contribution is -2.30. The van der Waals surface area contributed by atoms with Crippen molar-refractivity contribution >= 4 is 23.5 Å². The second-order valence-electron chi connectivity index (χ2n) is 9.44. The van der Waals surface area contributed by atoms with Gasteiger partial charge in [-0.1, -0.05) is 72.8 Å². The van der Waals surface area contributed by atoms with Crippen LogP contribution in [0, 0.1) is 6.92 Å². The molecule has 5 rings (SSSR count). The molecule has 0 aliphatic rings. The highest BCUT2D eigenvalue weighted by Crippen LogP contribution is 2.25. The standard InChI is InChI=1S/C33H29N5O2/c1-23-28(13-8-14-29(23)31(34)39)30-19-20-35-33(37-30)36-27-17-15-26(16-18-27)32(40)38(21-24-9-4-2-5-10-24)22-25-11-6-3-7-12-25/h2-20H,21-22H2,1H3,(H2,34,39)(H,35,36,37). The number of amides is 2. The molecule has 0 radical (unpaired) electrons. The number of hydrogen-bond acceptors (Lipinski definition) is 5. The second-order valence-corrected chi connectivity index (χ2v) is 9.44. The van der Waals surface area contributed by atoms with Gasteiger partial charge < -0.3 is 16.0 Å². The Morgan fingerprint density at radius 2 is 1.40 bits per heavy atom. The van der Waals surface area contributed by atoms with Crippen LogP contribution in [0.2, 0.25) is 0 Å². The van der Waals surface area contributed by atoms with Crippen molar-refractivity contribution in [3.8, 4) is 11.3 Å². The largest absolute Gasteiger partial charge is 0.366 e. The Hall–Kier alpha value is -5.30. The van der Waals surface area contributed by atoms with Crippen molar-refractivity contribution < 1.29 is 9.59 Å². The van der Waals surface area contributed by atoms with Crippen LogP contribution in [0.15, 0.2) is 115 Å². The maximum atomic E-state index is 13.6. The molecule has 0 saturated carbocycles. The van der Waals surface area contributed by atoms with Crippen LogP contribution < -0.4 is 11.1 Å². The van der Waals surface area contributed by atoms with Gasteiger partial charge in [0.2, 0.25) is 11.9 Å². The van der Waals surface area contributed by atoms with E-state index in [9.17, 15) is 9.59 Å². The number of rotatable bonds is 9. The molecule has 1 heterocycles. The van der Waals surface area contributed by atoms with Gasteiger partial charge in [0.1, 0.15) is 0 Å². The molecular formula is C33H29N5O2. The maximum Gasteiger partial charge on any atom is 0.254 e. The van der Waals surface area contributed by atoms with Crippen LogP contribution in [0.4, 0.5) is 11.6 Å². The molecule has 3 N–H and O–H groups in total. The predicted octanol–water partition coefficient (Wildman–Crippen LogP) is 6.14. The van der Waals surface area contributed by atoms with Crippen molar-refractivity contribution in [3.63, 3.8) is 0 Å². The van der Waals surface area contributed by atoms with E-state index in [4.69, 9.17) is 5.73 Å². The van der Waals surface area contributed by atoms with Crippen molar-refractivity contribution in [1.29, 1.82) is 0 Å². The average molecular weight is 528 g/mol. The summed E-state index contributed by atoms with van der Waals surface area (Å²) in [6.07, 6.45) is 1.66. The minimum absolute atomic E-state index is 0.0534. The first-order valence-corrected chi connectivity index (χ1v) is 12.9. The Labute approximate surface area is 233 Å². The third-order valence-corrected chi connectivity index (χ3v) is 6.64. The molecule has 0 unspecified atom stereocenters. The summed E-state index contributed by atoms with van der Waals surface area (Å²) in [5, 5.41) is 3.21. The van der Waals surface area contributed by atoms with Crippen molar-refractivity contribution in [2.24, 2.45) is 5.73 Å². The molecule has 0 aliphatic heterocycles. The minimum Gasteiger partial charge on any atom is -0.366 e. The number of carbonyl (C=O) groups is 2. The van der Waals surface area contributed by atoms with Gasteiger partial charge in [0, 0.05) is 41.7 Å². The molecule has 198 valence electrons. The Morgan fingerprint density at radius 3 is 2.00 bits per heavy atom. The molecule has 0 saturated heterocycles. The van der Waals surface area contributed by atoms with E-state index in [1.54, 1.807) is 36.5 Å². The zero-order valence-corrected chi connectivity index (χ0v) is 22.1. The quantitative estimate of drug-likeness (QED) is 0.240. The molecule has 7 heteroatoms. The number of primary amides is 1. The number of nitrogens with zero attached hydrogens (tertiary/aromatic N) is 3. The van der Waals surface area contributed by atoms with E-state index in [1.807, 2.05) is 90.7 Å². The van der Waals surface area contributed by atoms with Crippen LogP contribution in [0.1, 0.15) is 37.4 Å². The van der Waals surface area contributed by atoms with E-state index in [0.717, 1.165) is 27.9 Å². The predicted molar refractivity (Wildman–Crippen MR) is 157 cm³/mol. The third-order valence-electron chi connectivity index (χ3n) is 6.64. The number of carbonyl (C=O) groups excluding carboxylic acids is 2. The van der Waals surface area contributed by atoms with Gasteiger partial charge in [-0.05, 0) is 60.0 Å². The SMILES string of the molecule is Cc1c(C(N)=O)cccc1-c1ccnc(Nc2ccc(C(=O)N(Cc3ccccc3)Cc3ccccc3)cc2)n1. The number of hydrogen-bond donors (Lipinski definition) is 2. The highest BCUT2D eigenvalue weighted by atomic mass is 16.2. The molecule has 5 aromatic rings. The lowest BCUT2D eigenvalue weighted by molar-refractivity contribution is 0.0730. The van der Waals surface area contributed by atoms with Crippen LogP contribution in [-0.4, -0.2) is 26.7 Å². The molecule has 0 fully saturated rings. The Bertz CT molecular complexity index is 1580. The van der Waals surface area contributed by atoms with Gasteiger partial charge >= 0.3 is 0 Å². The molecule has 0 spiro atoms. The Morgan fingerprint density at radius 1 is 0.775 bits per heavy atom. The van der Waals surface area contributed by atoms with Crippen LogP contribution in [0.3, 0.4) is 0 Å². The fraction of sp³-hybridized carbons (Fsp3) is 0.0909. The number of benzene rings is 4. The van der Waals surface area contributed by atoms with Gasteiger partial charge in [0.15, 0.2) is 0 Å². The van der Waals surface area contributed by atoms with Crippen LogP contribution in [-0.2, 0) is 13.1 Å². The number of aromatic nitrogens is 2. The fourth-order valence-corrected chi connectivity index (χ4v) is 4.56. The first-order chi connectivity index (χ1) is 19.5. The summed E-state index contributed by atoms with van der Waals surface area (Å²) < 4.78 is 0. The molecule has 0 bridgehead atoms. The van der Waals surface area contributed by atoms with E-state index < -0.39 is 5.91 Å². The summed E-state index contributed by atoms with van der Waals surface area (Å²) >= 11 is 0. The van der Waals surface area contributed by atoms with Crippen LogP contribution in [0.5, 0.6) is 0 Å². The summed E-state index contributed by atoms with van der Waals surface area (Å²) in [6.45, 7) is 2.86. The summed E-state index contributed by atoms with van der Waals surface area (Å²) in [7, 11) is 0. The molecular weight excluding hydrogens is 498 g/mol. The molecule has 2 amide bonds. The van der Waals surface area contributed by atoms with Gasteiger partial charge in [0.05, 0.1) is 5.69 Å². The summed E-state index contributed by atoms with van der Waals surface area (Å²) in [5.74, 6) is -0.134. The first kappa shape index (κ1) is 26.3. The van der Waals surface area contributed by atoms with E-state index in [-0.39, 0.29) is 5.91 Å². The molecule has 4 aromatic carbocycles. The summed E-state index contributed by atoms with van der Waals surface area (Å²) in [4.78, 5) is 36.2. The molecule has 0 atom stereocenters. The van der Waals surface area contributed by atoms with E-state index in [1.165, 1.54) is 0 Å². The second kappa shape index (κ2) is 12.0. The number of nitrogens with two attached hydrogens (primary N) is 1. The van der Waals surface area contributed by atoms with Crippen LogP contribution >= 0.6 is 0 Å². The summed E-state index contributed by atoms with van der Waals surface area (Å²) in [6, 6.07) is 34.4. The molecule has 40 heavy (non-hydrogen) atoms. The highest BCUT2D eigenvalue weighted by molar-refractivity contribution is 5.96. The summed E-state index contributed by atoms with van der Waals surface area (Å²) in [5.41, 5.74) is 11.7. The van der Waals surface area contributed by atoms with Crippen molar-refractivity contribution in [2.75, 3.05) is 5.32 Å². The molecule has 7 nitrogen and oxygen atoms in total. The van der Waals surface area contributed by atoms with Gasteiger partial charge in [-0.3, -0.25) is 9.59 Å². The smallest absolute Gasteiger partial charge is 0.254 e. The normalized spacial score (nSPS) is 10.6. The minimum atomic E-state index is -0.479. The average Bonchev–Trinajstić information content (AvgIpc) is 2.98. The van der Waals surface area contributed by atoms with Crippen molar-refractivity contribution in [1.82, 2.24) is 14.9 Å². The van der Waals surface area contributed by atoms with E-state index >= 15 is 0 Å². The first-order valence-electron chi connectivity index (χ1n) is 12.9. The molecule has 0 aliphatic carbocycles. The number of anilines is 2. The van der Waals surface area contributed by atoms with E-state index in [0.29, 0.717) is 35.9 Å². The van der Waals surface area contributed by atoms with Crippen molar-refractivity contribution in [2.45, 2.75) is 20.0 Å². The van der Waals surface area contributed by atoms with Gasteiger partial charge in [-0.15, -0.1) is 0 Å². The highest BCUT2D eigenvalue weighted by Gasteiger charge is 2.17. The van der Waals surface area contributed by atoms with Crippen LogP contribution in [0.25, 0.3) is 11.3 Å². The Kier molecular flexibility index (Phi) is 7.92.